The van der Waals surface area contributed by atoms with Gasteiger partial charge in [-0.05, 0) is 39.6 Å². The van der Waals surface area contributed by atoms with E-state index in [9.17, 15) is 4.79 Å². The summed E-state index contributed by atoms with van der Waals surface area (Å²) < 4.78 is 0. The fourth-order valence-electron chi connectivity index (χ4n) is 1.52. The highest BCUT2D eigenvalue weighted by molar-refractivity contribution is 5.88. The second-order valence-electron chi connectivity index (χ2n) is 4.47. The predicted molar refractivity (Wildman–Crippen MR) is 74.1 cm³/mol. The molecule has 3 heteroatoms. The van der Waals surface area contributed by atoms with E-state index in [1.807, 2.05) is 26.2 Å². The third kappa shape index (κ3) is 9.72. The van der Waals surface area contributed by atoms with Crippen LogP contribution in [0.4, 0.5) is 0 Å². The van der Waals surface area contributed by atoms with Crippen molar-refractivity contribution in [2.45, 2.75) is 19.9 Å². The van der Waals surface area contributed by atoms with Crippen molar-refractivity contribution < 1.29 is 4.79 Å². The zero-order valence-electron chi connectivity index (χ0n) is 11.4. The number of hydrogen-bond acceptors (Lipinski definition) is 3. The number of carbonyl (C=O) groups excluding carboxylic acids is 1. The molecule has 0 saturated heterocycles. The molecular formula is C14H24N2O. The van der Waals surface area contributed by atoms with Gasteiger partial charge >= 0.3 is 0 Å². The summed E-state index contributed by atoms with van der Waals surface area (Å²) in [5, 5.41) is 3.38. The quantitative estimate of drug-likeness (QED) is 0.515. The molecule has 0 aromatic rings. The molecule has 1 N–H and O–H groups in total. The molecule has 0 aliphatic heterocycles. The summed E-state index contributed by atoms with van der Waals surface area (Å²) in [5.41, 5.74) is 0.975. The predicted octanol–water partition coefficient (Wildman–Crippen LogP) is 1.78. The van der Waals surface area contributed by atoms with Crippen LogP contribution in [-0.2, 0) is 4.79 Å². The van der Waals surface area contributed by atoms with Crippen molar-refractivity contribution in [3.8, 4) is 0 Å². The molecule has 0 saturated carbocycles. The Morgan fingerprint density at radius 2 is 2.12 bits per heavy atom. The summed E-state index contributed by atoms with van der Waals surface area (Å²) in [6, 6.07) is 0.387. The molecule has 17 heavy (non-hydrogen) atoms. The van der Waals surface area contributed by atoms with Crippen LogP contribution in [0.2, 0.25) is 0 Å². The van der Waals surface area contributed by atoms with Crippen molar-refractivity contribution in [2.75, 3.05) is 27.2 Å². The maximum Gasteiger partial charge on any atom is 0.152 e. The van der Waals surface area contributed by atoms with Crippen LogP contribution in [0.3, 0.4) is 0 Å². The second-order valence-corrected chi connectivity index (χ2v) is 4.47. The first-order valence-corrected chi connectivity index (χ1v) is 5.84. The summed E-state index contributed by atoms with van der Waals surface area (Å²) in [7, 11) is 4.09. The molecule has 0 rings (SSSR count). The smallest absolute Gasteiger partial charge is 0.152 e. The third-order valence-corrected chi connectivity index (χ3v) is 2.13. The minimum Gasteiger partial charge on any atom is -0.309 e. The molecule has 0 aliphatic carbocycles. The highest BCUT2D eigenvalue weighted by Crippen LogP contribution is 1.98. The molecule has 0 heterocycles. The minimum absolute atomic E-state index is 0.0655. The lowest BCUT2D eigenvalue weighted by Crippen LogP contribution is -2.36. The van der Waals surface area contributed by atoms with Crippen molar-refractivity contribution in [2.24, 2.45) is 0 Å². The Kier molecular flexibility index (Phi) is 8.28. The van der Waals surface area contributed by atoms with Crippen molar-refractivity contribution in [1.82, 2.24) is 10.2 Å². The van der Waals surface area contributed by atoms with Crippen LogP contribution in [0.15, 0.2) is 36.5 Å². The molecule has 0 aromatic carbocycles. The van der Waals surface area contributed by atoms with Gasteiger partial charge in [-0.2, -0.15) is 0 Å². The minimum atomic E-state index is 0.0655. The molecule has 0 amide bonds. The van der Waals surface area contributed by atoms with E-state index in [-0.39, 0.29) is 5.78 Å². The van der Waals surface area contributed by atoms with E-state index in [1.54, 1.807) is 19.1 Å². The van der Waals surface area contributed by atoms with Crippen LogP contribution >= 0.6 is 0 Å². The van der Waals surface area contributed by atoms with E-state index in [2.05, 4.69) is 23.7 Å². The Morgan fingerprint density at radius 3 is 2.59 bits per heavy atom. The molecule has 0 spiro atoms. The van der Waals surface area contributed by atoms with Crippen LogP contribution in [0.5, 0.6) is 0 Å². The third-order valence-electron chi connectivity index (χ3n) is 2.13. The molecule has 1 unspecified atom stereocenters. The number of nitrogens with zero attached hydrogens (tertiary/aromatic N) is 1. The maximum atomic E-state index is 11.1. The standard InChI is InChI=1S/C14H24N2O/c1-6-7-8-14(9-13(3)17)10-15-12(2)11-16(4)5/h6-9,12,15H,1,10-11H2,2-5H3/b8-7-,14-9-. The molecule has 0 aliphatic rings. The lowest BCUT2D eigenvalue weighted by molar-refractivity contribution is -0.112. The van der Waals surface area contributed by atoms with E-state index in [0.717, 1.165) is 12.1 Å². The Hall–Kier alpha value is -1.19. The van der Waals surface area contributed by atoms with E-state index < -0.39 is 0 Å². The van der Waals surface area contributed by atoms with Crippen LogP contribution in [-0.4, -0.2) is 43.9 Å². The van der Waals surface area contributed by atoms with Crippen molar-refractivity contribution in [3.63, 3.8) is 0 Å². The van der Waals surface area contributed by atoms with Crippen molar-refractivity contribution >= 4 is 5.78 Å². The van der Waals surface area contributed by atoms with Gasteiger partial charge in [0.05, 0.1) is 0 Å². The molecule has 0 radical (unpaired) electrons. The molecular weight excluding hydrogens is 212 g/mol. The van der Waals surface area contributed by atoms with Gasteiger partial charge in [0.25, 0.3) is 0 Å². The number of carbonyl (C=O) groups is 1. The zero-order chi connectivity index (χ0) is 13.3. The van der Waals surface area contributed by atoms with Gasteiger partial charge in [-0.15, -0.1) is 0 Å². The SMILES string of the molecule is C=C/C=C\C(=C\C(C)=O)CNC(C)CN(C)C. The number of allylic oxidation sites excluding steroid dienone is 3. The highest BCUT2D eigenvalue weighted by atomic mass is 16.1. The molecule has 0 aromatic heterocycles. The van der Waals surface area contributed by atoms with Gasteiger partial charge in [0.1, 0.15) is 0 Å². The normalized spacial score (nSPS) is 14.3. The van der Waals surface area contributed by atoms with E-state index >= 15 is 0 Å². The lowest BCUT2D eigenvalue weighted by Gasteiger charge is -2.18. The number of likely N-dealkylation sites (N-methyl/N-ethyl adjacent to an activating group) is 1. The Morgan fingerprint density at radius 1 is 1.47 bits per heavy atom. The van der Waals surface area contributed by atoms with Crippen molar-refractivity contribution in [1.29, 1.82) is 0 Å². The zero-order valence-corrected chi connectivity index (χ0v) is 11.4. The Bertz CT molecular complexity index is 303. The number of rotatable bonds is 8. The summed E-state index contributed by atoms with van der Waals surface area (Å²) in [6.07, 6.45) is 7.10. The summed E-state index contributed by atoms with van der Waals surface area (Å²) >= 11 is 0. The van der Waals surface area contributed by atoms with E-state index in [1.165, 1.54) is 0 Å². The van der Waals surface area contributed by atoms with Gasteiger partial charge in [0.15, 0.2) is 5.78 Å². The molecule has 96 valence electrons. The molecule has 3 nitrogen and oxygen atoms in total. The van der Waals surface area contributed by atoms with Gasteiger partial charge in [-0.25, -0.2) is 0 Å². The molecule has 1 atom stereocenters. The largest absolute Gasteiger partial charge is 0.309 e. The highest BCUT2D eigenvalue weighted by Gasteiger charge is 2.03. The first-order chi connectivity index (χ1) is 7.95. The monoisotopic (exact) mass is 236 g/mol. The van der Waals surface area contributed by atoms with Gasteiger partial charge in [0, 0.05) is 19.1 Å². The van der Waals surface area contributed by atoms with Crippen LogP contribution in [0.1, 0.15) is 13.8 Å². The van der Waals surface area contributed by atoms with E-state index in [0.29, 0.717) is 12.6 Å². The van der Waals surface area contributed by atoms with Gasteiger partial charge < -0.3 is 10.2 Å². The first kappa shape index (κ1) is 15.8. The van der Waals surface area contributed by atoms with E-state index in [4.69, 9.17) is 0 Å². The Balaban J connectivity index is 4.31. The van der Waals surface area contributed by atoms with Crippen LogP contribution in [0, 0.1) is 0 Å². The lowest BCUT2D eigenvalue weighted by atomic mass is 10.2. The second kappa shape index (κ2) is 8.90. The average molecular weight is 236 g/mol. The topological polar surface area (TPSA) is 32.3 Å². The average Bonchev–Trinajstić information content (AvgIpc) is 2.20. The van der Waals surface area contributed by atoms with Gasteiger partial charge in [-0.3, -0.25) is 4.79 Å². The first-order valence-electron chi connectivity index (χ1n) is 5.84. The Labute approximate surface area is 105 Å². The number of nitrogens with one attached hydrogen (secondary N) is 1. The summed E-state index contributed by atoms with van der Waals surface area (Å²) in [5.74, 6) is 0.0655. The molecule has 0 fully saturated rings. The van der Waals surface area contributed by atoms with Crippen molar-refractivity contribution in [3.05, 3.63) is 36.5 Å². The molecule has 0 bridgehead atoms. The fraction of sp³-hybridized carbons (Fsp3) is 0.500. The summed E-state index contributed by atoms with van der Waals surface area (Å²) in [4.78, 5) is 13.2. The fourth-order valence-corrected chi connectivity index (χ4v) is 1.52. The van der Waals surface area contributed by atoms with Crippen LogP contribution < -0.4 is 5.32 Å². The number of ketones is 1. The van der Waals surface area contributed by atoms with Crippen LogP contribution in [0.25, 0.3) is 0 Å². The van der Waals surface area contributed by atoms with Gasteiger partial charge in [-0.1, -0.05) is 24.8 Å². The number of hydrogen-bond donors (Lipinski definition) is 1. The van der Waals surface area contributed by atoms with Gasteiger partial charge in [0.2, 0.25) is 0 Å². The summed E-state index contributed by atoms with van der Waals surface area (Å²) in [6.45, 7) is 8.97. The maximum absolute atomic E-state index is 11.1.